The summed E-state index contributed by atoms with van der Waals surface area (Å²) in [5.41, 5.74) is 5.75. The lowest BCUT2D eigenvalue weighted by Gasteiger charge is -2.38. The van der Waals surface area contributed by atoms with Crippen LogP contribution in [0.4, 0.5) is 0 Å². The van der Waals surface area contributed by atoms with Crippen LogP contribution in [0.1, 0.15) is 25.7 Å². The van der Waals surface area contributed by atoms with Crippen LogP contribution in [0, 0.1) is 23.2 Å². The molecule has 2 rings (SSSR count). The molecular weight excluding hydrogens is 178 g/mol. The van der Waals surface area contributed by atoms with Crippen molar-refractivity contribution < 1.29 is 10.2 Å². The van der Waals surface area contributed by atoms with Crippen molar-refractivity contribution in [1.29, 1.82) is 0 Å². The van der Waals surface area contributed by atoms with Crippen LogP contribution in [0.15, 0.2) is 0 Å². The van der Waals surface area contributed by atoms with Crippen LogP contribution in [-0.2, 0) is 0 Å². The molecule has 0 spiro atoms. The summed E-state index contributed by atoms with van der Waals surface area (Å²) in [5, 5.41) is 18.5. The molecule has 2 fully saturated rings. The molecule has 4 unspecified atom stereocenters. The summed E-state index contributed by atoms with van der Waals surface area (Å²) in [5.74, 6) is 2.00. The zero-order chi connectivity index (χ0) is 10.2. The van der Waals surface area contributed by atoms with Gasteiger partial charge in [0.15, 0.2) is 0 Å². The van der Waals surface area contributed by atoms with Gasteiger partial charge in [-0.05, 0) is 55.4 Å². The van der Waals surface area contributed by atoms with Gasteiger partial charge in [0.25, 0.3) is 0 Å². The van der Waals surface area contributed by atoms with Gasteiger partial charge in [0.05, 0.1) is 0 Å². The van der Waals surface area contributed by atoms with Gasteiger partial charge in [-0.3, -0.25) is 0 Å². The van der Waals surface area contributed by atoms with Crippen LogP contribution in [-0.4, -0.2) is 30.0 Å². The van der Waals surface area contributed by atoms with Crippen molar-refractivity contribution in [2.75, 3.05) is 19.8 Å². The van der Waals surface area contributed by atoms with Crippen LogP contribution in [0.5, 0.6) is 0 Å². The standard InChI is InChI=1S/C11H21NO2/c12-6-9-4-10-3-8(9)5-11(10,7-14)1-2-13/h8-10,13-14H,1-7,12H2. The summed E-state index contributed by atoms with van der Waals surface area (Å²) < 4.78 is 0. The second-order valence-electron chi connectivity index (χ2n) is 5.12. The summed E-state index contributed by atoms with van der Waals surface area (Å²) in [6.45, 7) is 1.24. The van der Waals surface area contributed by atoms with E-state index in [-0.39, 0.29) is 18.6 Å². The fourth-order valence-electron chi connectivity index (χ4n) is 3.74. The summed E-state index contributed by atoms with van der Waals surface area (Å²) in [6, 6.07) is 0. The lowest BCUT2D eigenvalue weighted by molar-refractivity contribution is 0.0273. The van der Waals surface area contributed by atoms with Gasteiger partial charge in [0.1, 0.15) is 0 Å². The van der Waals surface area contributed by atoms with Crippen LogP contribution in [0.25, 0.3) is 0 Å². The van der Waals surface area contributed by atoms with E-state index in [2.05, 4.69) is 0 Å². The summed E-state index contributed by atoms with van der Waals surface area (Å²) in [4.78, 5) is 0. The van der Waals surface area contributed by atoms with Crippen molar-refractivity contribution >= 4 is 0 Å². The number of aliphatic hydroxyl groups excluding tert-OH is 2. The molecule has 0 aliphatic heterocycles. The summed E-state index contributed by atoms with van der Waals surface area (Å²) in [6.07, 6.45) is 4.24. The maximum atomic E-state index is 9.49. The van der Waals surface area contributed by atoms with Crippen molar-refractivity contribution in [2.45, 2.75) is 25.7 Å². The van der Waals surface area contributed by atoms with E-state index in [1.165, 1.54) is 12.8 Å². The molecule has 0 aromatic rings. The van der Waals surface area contributed by atoms with Crippen molar-refractivity contribution in [2.24, 2.45) is 28.9 Å². The zero-order valence-electron chi connectivity index (χ0n) is 8.65. The average Bonchev–Trinajstić information content (AvgIpc) is 2.75. The maximum Gasteiger partial charge on any atom is 0.0491 e. The molecule has 2 aliphatic carbocycles. The van der Waals surface area contributed by atoms with Gasteiger partial charge < -0.3 is 15.9 Å². The van der Waals surface area contributed by atoms with E-state index < -0.39 is 0 Å². The monoisotopic (exact) mass is 199 g/mol. The Morgan fingerprint density at radius 2 is 2.07 bits per heavy atom. The molecule has 4 atom stereocenters. The van der Waals surface area contributed by atoms with E-state index in [4.69, 9.17) is 10.8 Å². The molecule has 3 nitrogen and oxygen atoms in total. The molecule has 0 heterocycles. The zero-order valence-corrected chi connectivity index (χ0v) is 8.65. The molecule has 2 bridgehead atoms. The van der Waals surface area contributed by atoms with Gasteiger partial charge in [-0.15, -0.1) is 0 Å². The van der Waals surface area contributed by atoms with E-state index in [9.17, 15) is 5.11 Å². The Balaban J connectivity index is 2.06. The Hall–Kier alpha value is -0.120. The summed E-state index contributed by atoms with van der Waals surface area (Å²) >= 11 is 0. The fourth-order valence-corrected chi connectivity index (χ4v) is 3.74. The topological polar surface area (TPSA) is 66.5 Å². The lowest BCUT2D eigenvalue weighted by atomic mass is 9.69. The third-order valence-corrected chi connectivity index (χ3v) is 4.60. The highest BCUT2D eigenvalue weighted by Gasteiger charge is 2.53. The maximum absolute atomic E-state index is 9.49. The van der Waals surface area contributed by atoms with E-state index >= 15 is 0 Å². The number of rotatable bonds is 4. The van der Waals surface area contributed by atoms with Crippen LogP contribution >= 0.6 is 0 Å². The van der Waals surface area contributed by atoms with Gasteiger partial charge in [-0.2, -0.15) is 0 Å². The highest BCUT2D eigenvalue weighted by Crippen LogP contribution is 2.59. The minimum Gasteiger partial charge on any atom is -0.396 e. The molecule has 82 valence electrons. The minimum atomic E-state index is 0.0328. The fraction of sp³-hybridized carbons (Fsp3) is 1.00. The SMILES string of the molecule is NCC1CC2CC1CC2(CO)CCO. The first-order valence-corrected chi connectivity index (χ1v) is 5.67. The first-order chi connectivity index (χ1) is 6.75. The molecular formula is C11H21NO2. The highest BCUT2D eigenvalue weighted by atomic mass is 16.3. The molecule has 2 aliphatic rings. The molecule has 0 saturated heterocycles. The molecule has 2 saturated carbocycles. The molecule has 0 aromatic carbocycles. The first kappa shape index (κ1) is 10.4. The summed E-state index contributed by atoms with van der Waals surface area (Å²) in [7, 11) is 0. The van der Waals surface area contributed by atoms with Crippen LogP contribution in [0.2, 0.25) is 0 Å². The second-order valence-corrected chi connectivity index (χ2v) is 5.12. The minimum absolute atomic E-state index is 0.0328. The normalized spacial score (nSPS) is 46.1. The Bertz CT molecular complexity index is 209. The molecule has 0 amide bonds. The number of aliphatic hydroxyl groups is 2. The van der Waals surface area contributed by atoms with Crippen LogP contribution in [0.3, 0.4) is 0 Å². The third kappa shape index (κ3) is 1.38. The quantitative estimate of drug-likeness (QED) is 0.612. The van der Waals surface area contributed by atoms with Gasteiger partial charge in [0, 0.05) is 13.2 Å². The predicted octanol–water partition coefficient (Wildman–Crippen LogP) is 0.352. The van der Waals surface area contributed by atoms with E-state index in [0.717, 1.165) is 19.4 Å². The largest absolute Gasteiger partial charge is 0.396 e. The van der Waals surface area contributed by atoms with E-state index in [0.29, 0.717) is 17.8 Å². The van der Waals surface area contributed by atoms with E-state index in [1.54, 1.807) is 0 Å². The Kier molecular flexibility index (Phi) is 2.82. The molecule has 3 heteroatoms. The number of nitrogens with two attached hydrogens (primary N) is 1. The van der Waals surface area contributed by atoms with Crippen molar-refractivity contribution in [1.82, 2.24) is 0 Å². The van der Waals surface area contributed by atoms with Crippen molar-refractivity contribution in [3.63, 3.8) is 0 Å². The lowest BCUT2D eigenvalue weighted by Crippen LogP contribution is -2.36. The number of fused-ring (bicyclic) bond motifs is 2. The predicted molar refractivity (Wildman–Crippen MR) is 54.6 cm³/mol. The third-order valence-electron chi connectivity index (χ3n) is 4.60. The highest BCUT2D eigenvalue weighted by molar-refractivity contribution is 5.03. The van der Waals surface area contributed by atoms with Gasteiger partial charge in [0.2, 0.25) is 0 Å². The van der Waals surface area contributed by atoms with Gasteiger partial charge in [-0.1, -0.05) is 0 Å². The van der Waals surface area contributed by atoms with Crippen molar-refractivity contribution in [3.05, 3.63) is 0 Å². The second kappa shape index (κ2) is 3.80. The molecule has 0 aromatic heterocycles. The number of hydrogen-bond acceptors (Lipinski definition) is 3. The molecule has 14 heavy (non-hydrogen) atoms. The van der Waals surface area contributed by atoms with E-state index in [1.807, 2.05) is 0 Å². The Morgan fingerprint density at radius 1 is 1.29 bits per heavy atom. The smallest absolute Gasteiger partial charge is 0.0491 e. The molecule has 0 radical (unpaired) electrons. The van der Waals surface area contributed by atoms with Crippen LogP contribution < -0.4 is 5.73 Å². The Labute approximate surface area is 85.3 Å². The van der Waals surface area contributed by atoms with Crippen molar-refractivity contribution in [3.8, 4) is 0 Å². The van der Waals surface area contributed by atoms with Gasteiger partial charge in [-0.25, -0.2) is 0 Å². The average molecular weight is 199 g/mol. The van der Waals surface area contributed by atoms with Gasteiger partial charge >= 0.3 is 0 Å². The molecule has 4 N–H and O–H groups in total. The number of hydrogen-bond donors (Lipinski definition) is 3. The Morgan fingerprint density at radius 3 is 2.50 bits per heavy atom. The first-order valence-electron chi connectivity index (χ1n) is 5.67.